The summed E-state index contributed by atoms with van der Waals surface area (Å²) in [5.74, 6) is 0.605. The van der Waals surface area contributed by atoms with Gasteiger partial charge in [0.2, 0.25) is 0 Å². The predicted molar refractivity (Wildman–Crippen MR) is 96.6 cm³/mol. The Morgan fingerprint density at radius 3 is 2.46 bits per heavy atom. The molecule has 1 aromatic heterocycles. The highest BCUT2D eigenvalue weighted by Gasteiger charge is 2.15. The largest absolute Gasteiger partial charge is 0.348 e. The van der Waals surface area contributed by atoms with Crippen LogP contribution in [0, 0.1) is 20.8 Å². The van der Waals surface area contributed by atoms with Gasteiger partial charge in [-0.25, -0.2) is 4.79 Å². The minimum atomic E-state index is -0.230. The Balaban J connectivity index is 2.12. The summed E-state index contributed by atoms with van der Waals surface area (Å²) >= 11 is 0. The summed E-state index contributed by atoms with van der Waals surface area (Å²) in [5, 5.41) is 7.70. The fraction of sp³-hybridized carbons (Fsp3) is 0.263. The lowest BCUT2D eigenvalue weighted by atomic mass is 9.97. The molecule has 0 spiro atoms. The van der Waals surface area contributed by atoms with E-state index in [4.69, 9.17) is 0 Å². The zero-order valence-corrected chi connectivity index (χ0v) is 14.5. The van der Waals surface area contributed by atoms with E-state index in [0.717, 1.165) is 34.5 Å². The van der Waals surface area contributed by atoms with Crippen LogP contribution in [-0.4, -0.2) is 21.8 Å². The molecule has 3 aromatic rings. The number of benzene rings is 2. The Bertz CT molecular complexity index is 920. The molecule has 0 fully saturated rings. The monoisotopic (exact) mass is 322 g/mol. The van der Waals surface area contributed by atoms with Crippen LogP contribution in [0.25, 0.3) is 17.1 Å². The van der Waals surface area contributed by atoms with E-state index in [1.807, 2.05) is 45.2 Å². The lowest BCUT2D eigenvalue weighted by Crippen LogP contribution is -2.15. The van der Waals surface area contributed by atoms with E-state index >= 15 is 0 Å². The molecule has 0 aliphatic rings. The fourth-order valence-electron chi connectivity index (χ4n) is 2.93. The number of hydrogen-bond acceptors (Lipinski definition) is 3. The third kappa shape index (κ3) is 2.90. The van der Waals surface area contributed by atoms with Crippen molar-refractivity contribution < 1.29 is 0 Å². The van der Waals surface area contributed by atoms with Crippen LogP contribution in [0.3, 0.4) is 0 Å². The van der Waals surface area contributed by atoms with Crippen molar-refractivity contribution >= 4 is 0 Å². The van der Waals surface area contributed by atoms with Crippen LogP contribution in [0.5, 0.6) is 0 Å². The van der Waals surface area contributed by atoms with Crippen molar-refractivity contribution in [2.24, 2.45) is 0 Å². The molecule has 5 nitrogen and oxygen atoms in total. The normalized spacial score (nSPS) is 11.0. The average molecular weight is 322 g/mol. The summed E-state index contributed by atoms with van der Waals surface area (Å²) in [6.45, 7) is 6.90. The summed E-state index contributed by atoms with van der Waals surface area (Å²) < 4.78 is 1.42. The lowest BCUT2D eigenvalue weighted by Gasteiger charge is -2.12. The fourth-order valence-corrected chi connectivity index (χ4v) is 2.93. The highest BCUT2D eigenvalue weighted by molar-refractivity contribution is 5.66. The summed E-state index contributed by atoms with van der Waals surface area (Å²) in [6, 6.07) is 11.9. The van der Waals surface area contributed by atoms with Gasteiger partial charge in [0.15, 0.2) is 5.82 Å². The smallest absolute Gasteiger partial charge is 0.316 e. The number of H-pyrrole nitrogens is 1. The van der Waals surface area contributed by atoms with E-state index in [2.05, 4.69) is 34.5 Å². The van der Waals surface area contributed by atoms with Gasteiger partial charge < -0.3 is 5.32 Å². The molecule has 0 radical (unpaired) electrons. The van der Waals surface area contributed by atoms with Gasteiger partial charge in [-0.2, -0.15) is 4.68 Å². The minimum absolute atomic E-state index is 0.230. The molecule has 0 saturated carbocycles. The van der Waals surface area contributed by atoms with Crippen molar-refractivity contribution in [3.05, 3.63) is 69.1 Å². The first kappa shape index (κ1) is 16.2. The highest BCUT2D eigenvalue weighted by Crippen LogP contribution is 2.26. The molecule has 2 N–H and O–H groups in total. The number of aromatic amines is 1. The Kier molecular flexibility index (Phi) is 4.36. The van der Waals surface area contributed by atoms with Crippen molar-refractivity contribution in [3.8, 4) is 17.1 Å². The third-order valence-electron chi connectivity index (χ3n) is 4.29. The van der Waals surface area contributed by atoms with Gasteiger partial charge in [0.1, 0.15) is 0 Å². The minimum Gasteiger partial charge on any atom is -0.316 e. The molecule has 0 atom stereocenters. The second-order valence-corrected chi connectivity index (χ2v) is 6.10. The number of nitrogens with one attached hydrogen (secondary N) is 2. The maximum absolute atomic E-state index is 12.4. The van der Waals surface area contributed by atoms with Crippen LogP contribution < -0.4 is 11.0 Å². The second kappa shape index (κ2) is 6.45. The van der Waals surface area contributed by atoms with Gasteiger partial charge in [0, 0.05) is 12.1 Å². The molecule has 0 aliphatic heterocycles. The summed E-state index contributed by atoms with van der Waals surface area (Å²) in [6.07, 6.45) is 0. The van der Waals surface area contributed by atoms with Gasteiger partial charge >= 0.3 is 5.69 Å². The van der Waals surface area contributed by atoms with Crippen LogP contribution in [0.4, 0.5) is 0 Å². The Morgan fingerprint density at radius 1 is 1.08 bits per heavy atom. The molecule has 0 aliphatic carbocycles. The lowest BCUT2D eigenvalue weighted by molar-refractivity contribution is 0.811. The highest BCUT2D eigenvalue weighted by atomic mass is 16.1. The molecule has 24 heavy (non-hydrogen) atoms. The maximum atomic E-state index is 12.4. The standard InChI is InChI=1S/C19H22N4O/c1-12-5-9-16(10-6-12)23-19(24)21-18(22-23)17-13(2)7-8-15(11-20-4)14(17)3/h5-10,20H,11H2,1-4H3,(H,21,22,24). The topological polar surface area (TPSA) is 62.7 Å². The first-order chi connectivity index (χ1) is 11.5. The van der Waals surface area contributed by atoms with Gasteiger partial charge in [0.05, 0.1) is 5.69 Å². The van der Waals surface area contributed by atoms with Gasteiger partial charge in [-0.05, 0) is 56.6 Å². The molecule has 2 aromatic carbocycles. The van der Waals surface area contributed by atoms with Crippen molar-refractivity contribution in [3.63, 3.8) is 0 Å². The zero-order chi connectivity index (χ0) is 17.3. The van der Waals surface area contributed by atoms with Gasteiger partial charge in [-0.3, -0.25) is 4.98 Å². The van der Waals surface area contributed by atoms with Crippen molar-refractivity contribution in [2.45, 2.75) is 27.3 Å². The Labute approximate surface area is 141 Å². The molecular weight excluding hydrogens is 300 g/mol. The molecule has 124 valence electrons. The van der Waals surface area contributed by atoms with Crippen LogP contribution in [0.15, 0.2) is 41.2 Å². The molecular formula is C19H22N4O. The molecule has 1 heterocycles. The Morgan fingerprint density at radius 2 is 1.79 bits per heavy atom. The summed E-state index contributed by atoms with van der Waals surface area (Å²) in [5.41, 5.74) is 6.09. The first-order valence-corrected chi connectivity index (χ1v) is 8.01. The van der Waals surface area contributed by atoms with Crippen molar-refractivity contribution in [2.75, 3.05) is 7.05 Å². The number of hydrogen-bond donors (Lipinski definition) is 2. The number of aromatic nitrogens is 3. The van der Waals surface area contributed by atoms with E-state index < -0.39 is 0 Å². The van der Waals surface area contributed by atoms with E-state index in [1.54, 1.807) is 0 Å². The first-order valence-electron chi connectivity index (χ1n) is 8.01. The van der Waals surface area contributed by atoms with Crippen molar-refractivity contribution in [1.82, 2.24) is 20.1 Å². The molecule has 3 rings (SSSR count). The molecule has 0 amide bonds. The van der Waals surface area contributed by atoms with Crippen LogP contribution >= 0.6 is 0 Å². The third-order valence-corrected chi connectivity index (χ3v) is 4.29. The summed E-state index contributed by atoms with van der Waals surface area (Å²) in [4.78, 5) is 15.3. The van der Waals surface area contributed by atoms with E-state index in [0.29, 0.717) is 5.82 Å². The van der Waals surface area contributed by atoms with Crippen LogP contribution in [-0.2, 0) is 6.54 Å². The van der Waals surface area contributed by atoms with Crippen LogP contribution in [0.1, 0.15) is 22.3 Å². The quantitative estimate of drug-likeness (QED) is 0.776. The summed E-state index contributed by atoms with van der Waals surface area (Å²) in [7, 11) is 1.92. The molecule has 5 heteroatoms. The Hall–Kier alpha value is -2.66. The molecule has 0 bridgehead atoms. The molecule has 0 saturated heterocycles. The number of rotatable bonds is 4. The second-order valence-electron chi connectivity index (χ2n) is 6.10. The average Bonchev–Trinajstić information content (AvgIpc) is 2.93. The number of nitrogens with zero attached hydrogens (tertiary/aromatic N) is 2. The maximum Gasteiger partial charge on any atom is 0.348 e. The zero-order valence-electron chi connectivity index (χ0n) is 14.5. The number of aryl methyl sites for hydroxylation is 2. The van der Waals surface area contributed by atoms with E-state index in [1.165, 1.54) is 10.2 Å². The SMILES string of the molecule is CNCc1ccc(C)c(-c2nn(-c3ccc(C)cc3)c(=O)[nH]2)c1C. The van der Waals surface area contributed by atoms with E-state index in [-0.39, 0.29) is 5.69 Å². The molecule has 0 unspecified atom stereocenters. The van der Waals surface area contributed by atoms with Gasteiger partial charge in [-0.1, -0.05) is 29.8 Å². The van der Waals surface area contributed by atoms with E-state index in [9.17, 15) is 4.79 Å². The predicted octanol–water partition coefficient (Wildman–Crippen LogP) is 2.87. The van der Waals surface area contributed by atoms with Crippen molar-refractivity contribution in [1.29, 1.82) is 0 Å². The van der Waals surface area contributed by atoms with Crippen LogP contribution in [0.2, 0.25) is 0 Å². The van der Waals surface area contributed by atoms with Gasteiger partial charge in [0.25, 0.3) is 0 Å². The van der Waals surface area contributed by atoms with Gasteiger partial charge in [-0.15, -0.1) is 5.10 Å².